The largest absolute Gasteiger partial charge is 0.487 e. The first-order valence-electron chi connectivity index (χ1n) is 5.72. The van der Waals surface area contributed by atoms with E-state index < -0.39 is 10.9 Å². The highest BCUT2D eigenvalue weighted by Crippen LogP contribution is 2.28. The van der Waals surface area contributed by atoms with Gasteiger partial charge in [-0.25, -0.2) is 4.79 Å². The second-order valence-electron chi connectivity index (χ2n) is 4.36. The number of carbonyl (C=O) groups is 1. The molecule has 6 heteroatoms. The van der Waals surface area contributed by atoms with E-state index in [9.17, 15) is 14.9 Å². The second kappa shape index (κ2) is 6.53. The van der Waals surface area contributed by atoms with E-state index in [0.29, 0.717) is 12.2 Å². The van der Waals surface area contributed by atoms with Gasteiger partial charge in [0.1, 0.15) is 0 Å². The minimum atomic E-state index is -1.08. The summed E-state index contributed by atoms with van der Waals surface area (Å²) in [5.74, 6) is -0.702. The van der Waals surface area contributed by atoms with Crippen molar-refractivity contribution >= 4 is 17.7 Å². The summed E-state index contributed by atoms with van der Waals surface area (Å²) in [7, 11) is 0. The van der Waals surface area contributed by atoms with E-state index in [1.165, 1.54) is 24.3 Å². The van der Waals surface area contributed by atoms with Gasteiger partial charge in [0.05, 0.1) is 11.5 Å². The zero-order valence-electron chi connectivity index (χ0n) is 10.7. The Kier molecular flexibility index (Phi) is 5.05. The van der Waals surface area contributed by atoms with E-state index >= 15 is 0 Å². The predicted molar refractivity (Wildman–Crippen MR) is 70.1 cm³/mol. The Morgan fingerprint density at radius 2 is 2.21 bits per heavy atom. The molecule has 0 radical (unpaired) electrons. The van der Waals surface area contributed by atoms with Crippen LogP contribution in [0.15, 0.2) is 24.3 Å². The summed E-state index contributed by atoms with van der Waals surface area (Å²) in [6.45, 7) is 4.22. The van der Waals surface area contributed by atoms with Crippen LogP contribution in [0, 0.1) is 16.0 Å². The summed E-state index contributed by atoms with van der Waals surface area (Å²) < 4.78 is 5.38. The predicted octanol–water partition coefficient (Wildman–Crippen LogP) is 2.73. The monoisotopic (exact) mass is 265 g/mol. The van der Waals surface area contributed by atoms with Crippen LogP contribution in [0.5, 0.6) is 5.75 Å². The molecule has 1 aromatic rings. The molecule has 19 heavy (non-hydrogen) atoms. The van der Waals surface area contributed by atoms with Gasteiger partial charge in [-0.05, 0) is 29.7 Å². The molecule has 1 N–H and O–H groups in total. The van der Waals surface area contributed by atoms with Crippen LogP contribution in [-0.4, -0.2) is 22.6 Å². The van der Waals surface area contributed by atoms with Gasteiger partial charge in [0.15, 0.2) is 5.75 Å². The average molecular weight is 265 g/mol. The normalized spacial score (nSPS) is 10.9. The van der Waals surface area contributed by atoms with Crippen LogP contribution in [0.1, 0.15) is 19.4 Å². The van der Waals surface area contributed by atoms with Gasteiger partial charge in [-0.1, -0.05) is 13.8 Å². The van der Waals surface area contributed by atoms with E-state index in [1.807, 2.05) is 13.8 Å². The van der Waals surface area contributed by atoms with Crippen LogP contribution in [0.25, 0.3) is 6.08 Å². The van der Waals surface area contributed by atoms with Crippen molar-refractivity contribution in [3.8, 4) is 5.75 Å². The van der Waals surface area contributed by atoms with E-state index in [-0.39, 0.29) is 17.4 Å². The number of ether oxygens (including phenoxy) is 1. The molecule has 0 aromatic heterocycles. The lowest BCUT2D eigenvalue weighted by atomic mass is 10.1. The van der Waals surface area contributed by atoms with Gasteiger partial charge in [-0.3, -0.25) is 10.1 Å². The molecule has 0 saturated heterocycles. The van der Waals surface area contributed by atoms with Crippen molar-refractivity contribution in [2.24, 2.45) is 5.92 Å². The van der Waals surface area contributed by atoms with E-state index in [4.69, 9.17) is 9.84 Å². The van der Waals surface area contributed by atoms with Gasteiger partial charge < -0.3 is 9.84 Å². The van der Waals surface area contributed by atoms with E-state index in [1.54, 1.807) is 0 Å². The SMILES string of the molecule is CC(C)COc1cc(C=CC(=O)O)ccc1[N+](=O)[O-]. The molecule has 1 rings (SSSR count). The summed E-state index contributed by atoms with van der Waals surface area (Å²) >= 11 is 0. The van der Waals surface area contributed by atoms with Crippen molar-refractivity contribution in [1.29, 1.82) is 0 Å². The smallest absolute Gasteiger partial charge is 0.328 e. The topological polar surface area (TPSA) is 89.7 Å². The summed E-state index contributed by atoms with van der Waals surface area (Å²) in [5, 5.41) is 19.4. The minimum Gasteiger partial charge on any atom is -0.487 e. The Bertz CT molecular complexity index is 508. The molecule has 0 fully saturated rings. The Hall–Kier alpha value is -2.37. The van der Waals surface area contributed by atoms with Crippen molar-refractivity contribution in [1.82, 2.24) is 0 Å². The summed E-state index contributed by atoms with van der Waals surface area (Å²) in [4.78, 5) is 20.8. The molecule has 0 aliphatic rings. The summed E-state index contributed by atoms with van der Waals surface area (Å²) in [5.41, 5.74) is 0.403. The van der Waals surface area contributed by atoms with Gasteiger partial charge in [0.25, 0.3) is 0 Å². The van der Waals surface area contributed by atoms with Crippen LogP contribution in [0.3, 0.4) is 0 Å². The highest BCUT2D eigenvalue weighted by Gasteiger charge is 2.15. The zero-order valence-corrected chi connectivity index (χ0v) is 10.7. The van der Waals surface area contributed by atoms with Crippen molar-refractivity contribution in [3.63, 3.8) is 0 Å². The number of nitro groups is 1. The Labute approximate surface area is 110 Å². The number of nitro benzene ring substituents is 1. The number of hydrogen-bond acceptors (Lipinski definition) is 4. The Balaban J connectivity index is 3.03. The van der Waals surface area contributed by atoms with Crippen LogP contribution >= 0.6 is 0 Å². The molecule has 0 aliphatic heterocycles. The Morgan fingerprint density at radius 1 is 1.53 bits per heavy atom. The maximum Gasteiger partial charge on any atom is 0.328 e. The molecule has 0 aliphatic carbocycles. The fraction of sp³-hybridized carbons (Fsp3) is 0.308. The summed E-state index contributed by atoms with van der Waals surface area (Å²) in [6.07, 6.45) is 2.32. The average Bonchev–Trinajstić information content (AvgIpc) is 2.33. The maximum absolute atomic E-state index is 10.9. The fourth-order valence-electron chi connectivity index (χ4n) is 1.32. The second-order valence-corrected chi connectivity index (χ2v) is 4.36. The third-order valence-electron chi connectivity index (χ3n) is 2.17. The van der Waals surface area contributed by atoms with Gasteiger partial charge in [-0.2, -0.15) is 0 Å². The van der Waals surface area contributed by atoms with Gasteiger partial charge in [-0.15, -0.1) is 0 Å². The standard InChI is InChI=1S/C13H15NO5/c1-9(2)8-19-12-7-10(4-6-13(15)16)3-5-11(12)14(17)18/h3-7,9H,8H2,1-2H3,(H,15,16). The molecule has 0 saturated carbocycles. The van der Waals surface area contributed by atoms with Crippen molar-refractivity contribution < 1.29 is 19.6 Å². The first kappa shape index (κ1) is 14.7. The van der Waals surface area contributed by atoms with E-state index in [0.717, 1.165) is 6.08 Å². The van der Waals surface area contributed by atoms with Gasteiger partial charge >= 0.3 is 11.7 Å². The molecular weight excluding hydrogens is 250 g/mol. The molecule has 1 aromatic carbocycles. The highest BCUT2D eigenvalue weighted by molar-refractivity contribution is 5.85. The molecule has 102 valence electrons. The van der Waals surface area contributed by atoms with E-state index in [2.05, 4.69) is 0 Å². The lowest BCUT2D eigenvalue weighted by molar-refractivity contribution is -0.385. The van der Waals surface area contributed by atoms with Crippen LogP contribution in [0.2, 0.25) is 0 Å². The van der Waals surface area contributed by atoms with Crippen LogP contribution in [-0.2, 0) is 4.79 Å². The Morgan fingerprint density at radius 3 is 2.74 bits per heavy atom. The van der Waals surface area contributed by atoms with Gasteiger partial charge in [0.2, 0.25) is 0 Å². The maximum atomic E-state index is 10.9. The molecule has 6 nitrogen and oxygen atoms in total. The molecule has 0 spiro atoms. The quantitative estimate of drug-likeness (QED) is 0.485. The third-order valence-corrected chi connectivity index (χ3v) is 2.17. The molecule has 0 bridgehead atoms. The number of hydrogen-bond donors (Lipinski definition) is 1. The highest BCUT2D eigenvalue weighted by atomic mass is 16.6. The fourth-order valence-corrected chi connectivity index (χ4v) is 1.32. The number of rotatable bonds is 6. The van der Waals surface area contributed by atoms with Crippen molar-refractivity contribution in [3.05, 3.63) is 40.0 Å². The first-order valence-corrected chi connectivity index (χ1v) is 5.72. The molecular formula is C13H15NO5. The number of nitrogens with zero attached hydrogens (tertiary/aromatic N) is 1. The number of carboxylic acid groups (broad SMARTS) is 1. The first-order chi connectivity index (χ1) is 8.90. The van der Waals surface area contributed by atoms with Crippen LogP contribution < -0.4 is 4.74 Å². The lowest BCUT2D eigenvalue weighted by Crippen LogP contribution is -2.06. The molecule has 0 unspecified atom stereocenters. The van der Waals surface area contributed by atoms with Crippen LogP contribution in [0.4, 0.5) is 5.69 Å². The van der Waals surface area contributed by atoms with Crippen molar-refractivity contribution in [2.45, 2.75) is 13.8 Å². The number of benzene rings is 1. The molecule has 0 atom stereocenters. The zero-order chi connectivity index (χ0) is 14.4. The summed E-state index contributed by atoms with van der Waals surface area (Å²) in [6, 6.07) is 4.23. The van der Waals surface area contributed by atoms with Crippen molar-refractivity contribution in [2.75, 3.05) is 6.61 Å². The van der Waals surface area contributed by atoms with Gasteiger partial charge in [0, 0.05) is 12.1 Å². The number of aliphatic carboxylic acids is 1. The molecule has 0 heterocycles. The molecule has 0 amide bonds. The minimum absolute atomic E-state index is 0.131. The number of carboxylic acids is 1. The third kappa shape index (κ3) is 4.79. The lowest BCUT2D eigenvalue weighted by Gasteiger charge is -2.09.